The van der Waals surface area contributed by atoms with Crippen LogP contribution in [0.2, 0.25) is 0 Å². The van der Waals surface area contributed by atoms with Gasteiger partial charge in [-0.05, 0) is 72.0 Å². The summed E-state index contributed by atoms with van der Waals surface area (Å²) in [4.78, 5) is 27.2. The van der Waals surface area contributed by atoms with Crippen LogP contribution in [0.1, 0.15) is 106 Å². The van der Waals surface area contributed by atoms with Crippen molar-refractivity contribution in [2.75, 3.05) is 19.6 Å². The number of hydrogen-bond acceptors (Lipinski definition) is 3. The molecule has 2 aromatic rings. The van der Waals surface area contributed by atoms with Gasteiger partial charge in [0.15, 0.2) is 5.78 Å². The van der Waals surface area contributed by atoms with Gasteiger partial charge in [-0.25, -0.2) is 0 Å². The number of rotatable bonds is 10. The summed E-state index contributed by atoms with van der Waals surface area (Å²) in [5.41, 5.74) is 5.74. The van der Waals surface area contributed by atoms with E-state index >= 15 is 0 Å². The molecule has 0 radical (unpaired) electrons. The molecule has 2 aliphatic carbocycles. The summed E-state index contributed by atoms with van der Waals surface area (Å²) < 4.78 is 0. The zero-order valence-corrected chi connectivity index (χ0v) is 24.3. The van der Waals surface area contributed by atoms with E-state index in [9.17, 15) is 9.59 Å². The second kappa shape index (κ2) is 12.3. The van der Waals surface area contributed by atoms with Crippen molar-refractivity contribution < 1.29 is 9.59 Å². The molecule has 0 aliphatic heterocycles. The van der Waals surface area contributed by atoms with Gasteiger partial charge in [-0.15, -0.1) is 12.4 Å². The maximum absolute atomic E-state index is 12.9. The van der Waals surface area contributed by atoms with Crippen molar-refractivity contribution in [2.24, 2.45) is 11.3 Å². The summed E-state index contributed by atoms with van der Waals surface area (Å²) in [5, 5.41) is 0. The highest BCUT2D eigenvalue weighted by molar-refractivity contribution is 5.96. The monoisotopic (exact) mass is 523 g/mol. The van der Waals surface area contributed by atoms with Crippen LogP contribution in [0.25, 0.3) is 0 Å². The first-order chi connectivity index (χ1) is 17.1. The van der Waals surface area contributed by atoms with E-state index in [1.165, 1.54) is 31.2 Å². The summed E-state index contributed by atoms with van der Waals surface area (Å²) in [6.07, 6.45) is 7.14. The summed E-state index contributed by atoms with van der Waals surface area (Å²) in [6, 6.07) is 16.9. The number of halogens is 1. The van der Waals surface area contributed by atoms with Gasteiger partial charge in [0.1, 0.15) is 5.78 Å². The van der Waals surface area contributed by atoms with Crippen LogP contribution in [-0.4, -0.2) is 36.1 Å². The number of carbonyl (C=O) groups excluding carboxylic acids is 2. The van der Waals surface area contributed by atoms with Crippen LogP contribution in [0.3, 0.4) is 0 Å². The topological polar surface area (TPSA) is 37.4 Å². The van der Waals surface area contributed by atoms with Gasteiger partial charge in [0, 0.05) is 38.0 Å². The lowest BCUT2D eigenvalue weighted by Gasteiger charge is -2.56. The molecule has 37 heavy (non-hydrogen) atoms. The van der Waals surface area contributed by atoms with Crippen LogP contribution in [0, 0.1) is 11.3 Å². The van der Waals surface area contributed by atoms with Crippen molar-refractivity contribution in [3.05, 3.63) is 70.8 Å². The Labute approximate surface area is 230 Å². The molecule has 0 saturated heterocycles. The van der Waals surface area contributed by atoms with Gasteiger partial charge in [-0.1, -0.05) is 82.6 Å². The standard InChI is InChI=1S/C33H45NO2.ClH/c1-24(2)27-12-14-29-28(22-27)13-15-31-32(4,18-9-19-33(29,31)5)23-34(20-16-25(3)35)21-17-30(36)26-10-7-6-8-11-26;/h6-8,10-12,14,22,24,31H,9,13,15-21,23H2,1-5H3;1H/t31-,32-,33+;/m0./s1. The van der Waals surface area contributed by atoms with Crippen molar-refractivity contribution >= 4 is 24.0 Å². The molecule has 202 valence electrons. The van der Waals surface area contributed by atoms with E-state index in [0.29, 0.717) is 31.2 Å². The molecule has 0 bridgehead atoms. The summed E-state index contributed by atoms with van der Waals surface area (Å²) in [7, 11) is 0. The summed E-state index contributed by atoms with van der Waals surface area (Å²) >= 11 is 0. The molecular formula is C33H46ClNO2. The fourth-order valence-electron chi connectivity index (χ4n) is 7.32. The molecule has 3 nitrogen and oxygen atoms in total. The molecule has 0 aromatic heterocycles. The normalized spacial score (nSPS) is 24.8. The van der Waals surface area contributed by atoms with Gasteiger partial charge in [0.2, 0.25) is 0 Å². The van der Waals surface area contributed by atoms with Gasteiger partial charge < -0.3 is 4.90 Å². The molecule has 0 spiro atoms. The number of fused-ring (bicyclic) bond motifs is 3. The molecule has 0 N–H and O–H groups in total. The van der Waals surface area contributed by atoms with Crippen LogP contribution < -0.4 is 0 Å². The van der Waals surface area contributed by atoms with E-state index in [2.05, 4.69) is 50.8 Å². The third-order valence-electron chi connectivity index (χ3n) is 9.28. The van der Waals surface area contributed by atoms with E-state index in [4.69, 9.17) is 0 Å². The first-order valence-corrected chi connectivity index (χ1v) is 14.1. The third-order valence-corrected chi connectivity index (χ3v) is 9.28. The molecule has 0 heterocycles. The molecule has 0 amide bonds. The molecular weight excluding hydrogens is 478 g/mol. The number of Topliss-reactive ketones (excluding diaryl/α,β-unsaturated/α-hetero) is 2. The molecule has 2 aliphatic rings. The highest BCUT2D eigenvalue weighted by Gasteiger charge is 2.52. The number of aryl methyl sites for hydroxylation is 1. The number of benzene rings is 2. The van der Waals surface area contributed by atoms with E-state index in [1.807, 2.05) is 30.3 Å². The van der Waals surface area contributed by atoms with Crippen LogP contribution >= 0.6 is 12.4 Å². The smallest absolute Gasteiger partial charge is 0.164 e. The Balaban J connectivity index is 0.00000380. The van der Waals surface area contributed by atoms with Crippen LogP contribution in [-0.2, 0) is 16.6 Å². The van der Waals surface area contributed by atoms with Crippen molar-refractivity contribution in [1.82, 2.24) is 4.90 Å². The van der Waals surface area contributed by atoms with Crippen molar-refractivity contribution in [3.8, 4) is 0 Å². The van der Waals surface area contributed by atoms with Gasteiger partial charge in [-0.3, -0.25) is 9.59 Å². The predicted octanol–water partition coefficient (Wildman–Crippen LogP) is 7.80. The second-order valence-corrected chi connectivity index (χ2v) is 12.4. The zero-order chi connectivity index (χ0) is 25.9. The molecule has 1 saturated carbocycles. The largest absolute Gasteiger partial charge is 0.302 e. The minimum Gasteiger partial charge on any atom is -0.302 e. The highest BCUT2D eigenvalue weighted by atomic mass is 35.5. The molecule has 0 unspecified atom stereocenters. The Morgan fingerprint density at radius 2 is 1.70 bits per heavy atom. The van der Waals surface area contributed by atoms with E-state index in [-0.39, 0.29) is 34.8 Å². The minimum atomic E-state index is 0. The molecule has 3 atom stereocenters. The highest BCUT2D eigenvalue weighted by Crippen LogP contribution is 2.57. The predicted molar refractivity (Wildman–Crippen MR) is 156 cm³/mol. The van der Waals surface area contributed by atoms with Crippen molar-refractivity contribution in [1.29, 1.82) is 0 Å². The zero-order valence-electron chi connectivity index (χ0n) is 23.5. The second-order valence-electron chi connectivity index (χ2n) is 12.4. The van der Waals surface area contributed by atoms with E-state index in [1.54, 1.807) is 18.1 Å². The van der Waals surface area contributed by atoms with Gasteiger partial charge in [-0.2, -0.15) is 0 Å². The molecule has 4 rings (SSSR count). The Morgan fingerprint density at radius 1 is 1.00 bits per heavy atom. The molecule has 4 heteroatoms. The van der Waals surface area contributed by atoms with Crippen LogP contribution in [0.5, 0.6) is 0 Å². The third kappa shape index (κ3) is 6.55. The fraction of sp³-hybridized carbons (Fsp3) is 0.576. The Morgan fingerprint density at radius 3 is 2.38 bits per heavy atom. The van der Waals surface area contributed by atoms with Crippen LogP contribution in [0.15, 0.2) is 48.5 Å². The number of ketones is 2. The maximum atomic E-state index is 12.9. The quantitative estimate of drug-likeness (QED) is 0.298. The lowest BCUT2D eigenvalue weighted by molar-refractivity contribution is -0.117. The minimum absolute atomic E-state index is 0. The SMILES string of the molecule is CC(=O)CCN(CCC(=O)c1ccccc1)C[C@]1(C)CCC[C@]2(C)c3ccc(C(C)C)cc3CC[C@@H]12.Cl. The Bertz CT molecular complexity index is 1080. The average Bonchev–Trinajstić information content (AvgIpc) is 2.85. The van der Waals surface area contributed by atoms with Crippen molar-refractivity contribution in [3.63, 3.8) is 0 Å². The first-order valence-electron chi connectivity index (χ1n) is 14.1. The lowest BCUT2D eigenvalue weighted by Crippen LogP contribution is -2.53. The summed E-state index contributed by atoms with van der Waals surface area (Å²) in [6.45, 7) is 13.7. The van der Waals surface area contributed by atoms with E-state index < -0.39 is 0 Å². The number of nitrogens with zero attached hydrogens (tertiary/aromatic N) is 1. The van der Waals surface area contributed by atoms with Gasteiger partial charge in [0.25, 0.3) is 0 Å². The molecule has 2 aromatic carbocycles. The van der Waals surface area contributed by atoms with Gasteiger partial charge >= 0.3 is 0 Å². The average molecular weight is 524 g/mol. The van der Waals surface area contributed by atoms with Gasteiger partial charge in [0.05, 0.1) is 0 Å². The maximum Gasteiger partial charge on any atom is 0.164 e. The lowest BCUT2D eigenvalue weighted by atomic mass is 9.49. The molecule has 1 fully saturated rings. The Hall–Kier alpha value is -1.97. The first kappa shape index (κ1) is 29.6. The Kier molecular flexibility index (Phi) is 9.80. The summed E-state index contributed by atoms with van der Waals surface area (Å²) in [5.74, 6) is 1.59. The number of hydrogen-bond donors (Lipinski definition) is 0. The number of carbonyl (C=O) groups is 2. The van der Waals surface area contributed by atoms with E-state index in [0.717, 1.165) is 25.1 Å². The fourth-order valence-corrected chi connectivity index (χ4v) is 7.32. The van der Waals surface area contributed by atoms with Crippen LogP contribution in [0.4, 0.5) is 0 Å². The van der Waals surface area contributed by atoms with Crippen molar-refractivity contribution in [2.45, 2.75) is 90.9 Å².